The molecule has 0 saturated heterocycles. The summed E-state index contributed by atoms with van der Waals surface area (Å²) in [5.74, 6) is -0.141. The van der Waals surface area contributed by atoms with Crippen molar-refractivity contribution in [3.63, 3.8) is 0 Å². The fourth-order valence-corrected chi connectivity index (χ4v) is 0.186. The van der Waals surface area contributed by atoms with E-state index in [4.69, 9.17) is 0 Å². The molecule has 0 N–H and O–H groups in total. The first kappa shape index (κ1) is 10.1. The second-order valence-corrected chi connectivity index (χ2v) is 0.966. The molecule has 0 fully saturated rings. The Bertz CT molecular complexity index is 76.1. The van der Waals surface area contributed by atoms with Crippen molar-refractivity contribution in [2.45, 2.75) is 6.92 Å². The third-order valence-electron chi connectivity index (χ3n) is 0.353. The molecule has 0 radical (unpaired) electrons. The van der Waals surface area contributed by atoms with E-state index in [1.165, 1.54) is 6.08 Å². The summed E-state index contributed by atoms with van der Waals surface area (Å²) >= 11 is 0. The van der Waals surface area contributed by atoms with Crippen LogP contribution in [0.2, 0.25) is 0 Å². The first-order valence-corrected chi connectivity index (χ1v) is 1.76. The van der Waals surface area contributed by atoms with E-state index in [-0.39, 0.29) is 27.5 Å². The molecule has 0 aromatic heterocycles. The van der Waals surface area contributed by atoms with Crippen LogP contribution in [0.1, 0.15) is 6.92 Å². The van der Waals surface area contributed by atoms with Crippen LogP contribution >= 0.6 is 0 Å². The van der Waals surface area contributed by atoms with Crippen LogP contribution in [0, 0.1) is 0 Å². The van der Waals surface area contributed by atoms with E-state index in [0.717, 1.165) is 0 Å². The maximum Gasteiger partial charge on any atom is 0 e. The predicted octanol–water partition coefficient (Wildman–Crippen LogP) is 0.434. The van der Waals surface area contributed by atoms with Crippen LogP contribution in [0.25, 0.3) is 0 Å². The molecular weight excluding hydrogens is 124 g/mol. The zero-order valence-electron chi connectivity index (χ0n) is 4.27. The van der Waals surface area contributed by atoms with E-state index in [1.54, 1.807) is 13.0 Å². The maximum atomic E-state index is 9.85. The van der Waals surface area contributed by atoms with E-state index < -0.39 is 0 Å². The Morgan fingerprint density at radius 3 is 2.14 bits per heavy atom. The average molecular weight is 131 g/mol. The SMILES string of the molecule is C=C([O-])C=CC.[Ti]. The fraction of sp³-hybridized carbons (Fsp3) is 0.200. The molecule has 0 saturated carbocycles. The van der Waals surface area contributed by atoms with Gasteiger partial charge in [0.15, 0.2) is 0 Å². The van der Waals surface area contributed by atoms with Gasteiger partial charge in [0.1, 0.15) is 0 Å². The number of hydrogen-bond donors (Lipinski definition) is 0. The Hall–Kier alpha value is -0.00571. The minimum absolute atomic E-state index is 0. The van der Waals surface area contributed by atoms with E-state index in [0.29, 0.717) is 0 Å². The topological polar surface area (TPSA) is 23.1 Å². The van der Waals surface area contributed by atoms with E-state index in [2.05, 4.69) is 6.58 Å². The Labute approximate surface area is 58.6 Å². The summed E-state index contributed by atoms with van der Waals surface area (Å²) < 4.78 is 0. The van der Waals surface area contributed by atoms with Crippen LogP contribution in [0.15, 0.2) is 24.5 Å². The van der Waals surface area contributed by atoms with Crippen LogP contribution in [0.5, 0.6) is 0 Å². The zero-order valence-corrected chi connectivity index (χ0v) is 5.83. The Morgan fingerprint density at radius 1 is 1.71 bits per heavy atom. The fourth-order valence-electron chi connectivity index (χ4n) is 0.186. The third kappa shape index (κ3) is 10.7. The summed E-state index contributed by atoms with van der Waals surface area (Å²) in [5.41, 5.74) is 0. The van der Waals surface area contributed by atoms with Crippen molar-refractivity contribution in [1.29, 1.82) is 0 Å². The van der Waals surface area contributed by atoms with Gasteiger partial charge in [-0.15, -0.1) is 12.3 Å². The van der Waals surface area contributed by atoms with Crippen LogP contribution in [0.4, 0.5) is 0 Å². The van der Waals surface area contributed by atoms with Crippen molar-refractivity contribution in [3.8, 4) is 0 Å². The number of allylic oxidation sites excluding steroid dienone is 2. The van der Waals surface area contributed by atoms with Gasteiger partial charge >= 0.3 is 0 Å². The minimum atomic E-state index is -0.141. The van der Waals surface area contributed by atoms with Crippen molar-refractivity contribution < 1.29 is 26.8 Å². The van der Waals surface area contributed by atoms with Gasteiger partial charge in [-0.3, -0.25) is 0 Å². The molecule has 0 amide bonds. The van der Waals surface area contributed by atoms with Crippen LogP contribution in [-0.2, 0) is 21.7 Å². The largest absolute Gasteiger partial charge is 0.873 e. The van der Waals surface area contributed by atoms with Crippen molar-refractivity contribution in [1.82, 2.24) is 0 Å². The first-order valence-electron chi connectivity index (χ1n) is 1.76. The Kier molecular flexibility index (Phi) is 8.63. The third-order valence-corrected chi connectivity index (χ3v) is 0.353. The maximum absolute atomic E-state index is 9.85. The molecule has 0 atom stereocenters. The van der Waals surface area contributed by atoms with Crippen molar-refractivity contribution in [2.75, 3.05) is 0 Å². The number of rotatable bonds is 1. The van der Waals surface area contributed by atoms with E-state index >= 15 is 0 Å². The smallest absolute Gasteiger partial charge is 0 e. The molecular formula is C5H7OTi-. The van der Waals surface area contributed by atoms with Crippen molar-refractivity contribution >= 4 is 0 Å². The van der Waals surface area contributed by atoms with Crippen LogP contribution < -0.4 is 5.11 Å². The van der Waals surface area contributed by atoms with Gasteiger partial charge in [-0.2, -0.15) is 0 Å². The minimum Gasteiger partial charge on any atom is -0.873 e. The molecule has 0 aliphatic carbocycles. The average Bonchev–Trinajstić information content (AvgIpc) is 1.35. The van der Waals surface area contributed by atoms with Gasteiger partial charge in [0, 0.05) is 21.7 Å². The standard InChI is InChI=1S/C5H8O.Ti/c1-3-4-5(2)6;/h3-4,6H,2H2,1H3;/p-1. The summed E-state index contributed by atoms with van der Waals surface area (Å²) in [6.07, 6.45) is 3.08. The molecule has 0 spiro atoms. The second kappa shape index (κ2) is 5.99. The molecule has 0 rings (SSSR count). The van der Waals surface area contributed by atoms with Gasteiger partial charge in [-0.1, -0.05) is 12.2 Å². The normalized spacial score (nSPS) is 8.14. The van der Waals surface area contributed by atoms with Crippen molar-refractivity contribution in [2.24, 2.45) is 0 Å². The summed E-state index contributed by atoms with van der Waals surface area (Å²) in [7, 11) is 0. The summed E-state index contributed by atoms with van der Waals surface area (Å²) in [6, 6.07) is 0. The summed E-state index contributed by atoms with van der Waals surface area (Å²) in [5, 5.41) is 9.85. The van der Waals surface area contributed by atoms with Crippen LogP contribution in [-0.4, -0.2) is 0 Å². The molecule has 1 nitrogen and oxygen atoms in total. The monoisotopic (exact) mass is 131 g/mol. The number of hydrogen-bond acceptors (Lipinski definition) is 1. The predicted molar refractivity (Wildman–Crippen MR) is 24.0 cm³/mol. The molecule has 38 valence electrons. The molecule has 0 bridgehead atoms. The quantitative estimate of drug-likeness (QED) is 0.287. The van der Waals surface area contributed by atoms with Gasteiger partial charge in [-0.25, -0.2) is 0 Å². The first-order chi connectivity index (χ1) is 2.77. The molecule has 0 aromatic carbocycles. The molecule has 2 heteroatoms. The summed E-state index contributed by atoms with van der Waals surface area (Å²) in [6.45, 7) is 4.88. The van der Waals surface area contributed by atoms with Gasteiger partial charge in [-0.05, 0) is 6.92 Å². The molecule has 0 unspecified atom stereocenters. The van der Waals surface area contributed by atoms with E-state index in [1.807, 2.05) is 0 Å². The molecule has 7 heavy (non-hydrogen) atoms. The Balaban J connectivity index is 0. The van der Waals surface area contributed by atoms with E-state index in [9.17, 15) is 5.11 Å². The zero-order chi connectivity index (χ0) is 4.99. The molecule has 0 aromatic rings. The van der Waals surface area contributed by atoms with Gasteiger partial charge in [0.2, 0.25) is 0 Å². The van der Waals surface area contributed by atoms with Gasteiger partial charge in [0.05, 0.1) is 0 Å². The summed E-state index contributed by atoms with van der Waals surface area (Å²) in [4.78, 5) is 0. The van der Waals surface area contributed by atoms with Crippen molar-refractivity contribution in [3.05, 3.63) is 24.5 Å². The second-order valence-electron chi connectivity index (χ2n) is 0.966. The van der Waals surface area contributed by atoms with Gasteiger partial charge in [0.25, 0.3) is 0 Å². The Morgan fingerprint density at radius 2 is 2.14 bits per heavy atom. The van der Waals surface area contributed by atoms with Gasteiger partial charge < -0.3 is 5.11 Å². The molecule has 0 heterocycles. The molecule has 0 aliphatic heterocycles. The van der Waals surface area contributed by atoms with Crippen LogP contribution in [0.3, 0.4) is 0 Å². The molecule has 0 aliphatic rings.